The Kier molecular flexibility index (Phi) is 5.71. The van der Waals surface area contributed by atoms with Crippen LogP contribution in [0.2, 0.25) is 0 Å². The molecule has 3 unspecified atom stereocenters. The molecule has 1 aliphatic rings. The fourth-order valence-corrected chi connectivity index (χ4v) is 2.58. The standard InChI is InChI=1S/C15H30/c1-5-12(2)10-13(3)6-7-14(4)11-15-8-9-15/h12-15H,5-11H2,1-4H3. The van der Waals surface area contributed by atoms with Crippen LogP contribution >= 0.6 is 0 Å². The second-order valence-electron chi connectivity index (χ2n) is 6.22. The van der Waals surface area contributed by atoms with Gasteiger partial charge in [0.1, 0.15) is 0 Å². The molecular weight excluding hydrogens is 180 g/mol. The number of hydrogen-bond acceptors (Lipinski definition) is 0. The first-order valence-corrected chi connectivity index (χ1v) is 7.11. The van der Waals surface area contributed by atoms with Gasteiger partial charge < -0.3 is 0 Å². The highest BCUT2D eigenvalue weighted by Crippen LogP contribution is 2.36. The molecule has 0 aromatic carbocycles. The molecule has 0 saturated heterocycles. The topological polar surface area (TPSA) is 0 Å². The van der Waals surface area contributed by atoms with Gasteiger partial charge in [-0.05, 0) is 36.5 Å². The van der Waals surface area contributed by atoms with E-state index in [1.54, 1.807) is 0 Å². The van der Waals surface area contributed by atoms with Gasteiger partial charge in [-0.1, -0.05) is 59.8 Å². The van der Waals surface area contributed by atoms with E-state index in [-0.39, 0.29) is 0 Å². The highest BCUT2D eigenvalue weighted by molar-refractivity contribution is 4.75. The molecule has 3 atom stereocenters. The lowest BCUT2D eigenvalue weighted by atomic mass is 9.88. The van der Waals surface area contributed by atoms with Crippen molar-refractivity contribution in [2.24, 2.45) is 23.7 Å². The molecule has 15 heavy (non-hydrogen) atoms. The zero-order chi connectivity index (χ0) is 11.3. The van der Waals surface area contributed by atoms with Gasteiger partial charge in [-0.3, -0.25) is 0 Å². The summed E-state index contributed by atoms with van der Waals surface area (Å²) in [7, 11) is 0. The van der Waals surface area contributed by atoms with Gasteiger partial charge in [0.2, 0.25) is 0 Å². The summed E-state index contributed by atoms with van der Waals surface area (Å²) in [5.41, 5.74) is 0. The van der Waals surface area contributed by atoms with E-state index in [1.165, 1.54) is 44.9 Å². The van der Waals surface area contributed by atoms with E-state index in [0.717, 1.165) is 23.7 Å². The Morgan fingerprint density at radius 2 is 1.53 bits per heavy atom. The first-order valence-electron chi connectivity index (χ1n) is 7.11. The first kappa shape index (κ1) is 13.1. The SMILES string of the molecule is CCC(C)CC(C)CCC(C)CC1CC1. The molecule has 0 N–H and O–H groups in total. The van der Waals surface area contributed by atoms with E-state index in [0.29, 0.717) is 0 Å². The predicted molar refractivity (Wildman–Crippen MR) is 69.0 cm³/mol. The van der Waals surface area contributed by atoms with Gasteiger partial charge in [0.25, 0.3) is 0 Å². The average molecular weight is 210 g/mol. The number of rotatable bonds is 8. The molecule has 0 bridgehead atoms. The van der Waals surface area contributed by atoms with Crippen molar-refractivity contribution in [1.29, 1.82) is 0 Å². The van der Waals surface area contributed by atoms with Crippen LogP contribution in [0.3, 0.4) is 0 Å². The van der Waals surface area contributed by atoms with Gasteiger partial charge >= 0.3 is 0 Å². The average Bonchev–Trinajstić information content (AvgIpc) is 2.98. The van der Waals surface area contributed by atoms with Crippen LogP contribution in [-0.2, 0) is 0 Å². The van der Waals surface area contributed by atoms with E-state index < -0.39 is 0 Å². The number of hydrogen-bond donors (Lipinski definition) is 0. The van der Waals surface area contributed by atoms with Crippen molar-refractivity contribution in [1.82, 2.24) is 0 Å². The molecule has 0 heteroatoms. The maximum absolute atomic E-state index is 2.45. The van der Waals surface area contributed by atoms with Crippen molar-refractivity contribution in [2.75, 3.05) is 0 Å². The van der Waals surface area contributed by atoms with Crippen LogP contribution in [0.5, 0.6) is 0 Å². The summed E-state index contributed by atoms with van der Waals surface area (Å²) in [6, 6.07) is 0. The quantitative estimate of drug-likeness (QED) is 0.511. The Bertz CT molecular complexity index is 157. The van der Waals surface area contributed by atoms with E-state index >= 15 is 0 Å². The molecule has 1 rings (SSSR count). The van der Waals surface area contributed by atoms with Gasteiger partial charge in [0, 0.05) is 0 Å². The molecule has 0 amide bonds. The summed E-state index contributed by atoms with van der Waals surface area (Å²) in [6.45, 7) is 9.60. The summed E-state index contributed by atoms with van der Waals surface area (Å²) in [5.74, 6) is 3.97. The maximum atomic E-state index is 2.45. The van der Waals surface area contributed by atoms with Crippen molar-refractivity contribution in [2.45, 2.75) is 72.6 Å². The Hall–Kier alpha value is 0. The van der Waals surface area contributed by atoms with Gasteiger partial charge in [-0.25, -0.2) is 0 Å². The molecule has 1 aliphatic carbocycles. The van der Waals surface area contributed by atoms with Crippen LogP contribution in [0.15, 0.2) is 0 Å². The summed E-state index contributed by atoms with van der Waals surface area (Å²) < 4.78 is 0. The fourth-order valence-electron chi connectivity index (χ4n) is 2.58. The normalized spacial score (nSPS) is 22.4. The molecule has 0 aromatic heterocycles. The lowest BCUT2D eigenvalue weighted by Gasteiger charge is -2.18. The predicted octanol–water partition coefficient (Wildman–Crippen LogP) is 5.28. The van der Waals surface area contributed by atoms with Crippen molar-refractivity contribution >= 4 is 0 Å². The summed E-state index contributed by atoms with van der Waals surface area (Å²) in [6.07, 6.45) is 10.3. The third kappa shape index (κ3) is 6.22. The van der Waals surface area contributed by atoms with E-state index in [4.69, 9.17) is 0 Å². The second-order valence-corrected chi connectivity index (χ2v) is 6.22. The maximum Gasteiger partial charge on any atom is -0.0412 e. The fraction of sp³-hybridized carbons (Fsp3) is 1.00. The van der Waals surface area contributed by atoms with Crippen LogP contribution in [-0.4, -0.2) is 0 Å². The van der Waals surface area contributed by atoms with Gasteiger partial charge in [0.15, 0.2) is 0 Å². The lowest BCUT2D eigenvalue weighted by molar-refractivity contribution is 0.343. The van der Waals surface area contributed by atoms with Gasteiger partial charge in [0.05, 0.1) is 0 Å². The van der Waals surface area contributed by atoms with Crippen LogP contribution < -0.4 is 0 Å². The van der Waals surface area contributed by atoms with Crippen LogP contribution in [0.1, 0.15) is 72.6 Å². The smallest absolute Gasteiger partial charge is 0.0412 e. The Labute approximate surface area is 96.8 Å². The minimum atomic E-state index is 0.929. The molecule has 0 aromatic rings. The van der Waals surface area contributed by atoms with E-state index in [9.17, 15) is 0 Å². The Morgan fingerprint density at radius 1 is 0.933 bits per heavy atom. The van der Waals surface area contributed by atoms with Crippen molar-refractivity contribution in [3.05, 3.63) is 0 Å². The molecular formula is C15H30. The molecule has 0 radical (unpaired) electrons. The van der Waals surface area contributed by atoms with Crippen molar-refractivity contribution < 1.29 is 0 Å². The summed E-state index contributed by atoms with van der Waals surface area (Å²) >= 11 is 0. The summed E-state index contributed by atoms with van der Waals surface area (Å²) in [5, 5.41) is 0. The minimum absolute atomic E-state index is 0.929. The molecule has 0 heterocycles. The van der Waals surface area contributed by atoms with Crippen molar-refractivity contribution in [3.8, 4) is 0 Å². The lowest BCUT2D eigenvalue weighted by Crippen LogP contribution is -2.05. The molecule has 0 aliphatic heterocycles. The highest BCUT2D eigenvalue weighted by Gasteiger charge is 2.23. The molecule has 1 saturated carbocycles. The van der Waals surface area contributed by atoms with Crippen molar-refractivity contribution in [3.63, 3.8) is 0 Å². The zero-order valence-electron chi connectivity index (χ0n) is 11.3. The zero-order valence-corrected chi connectivity index (χ0v) is 11.3. The Balaban J connectivity index is 2.01. The van der Waals surface area contributed by atoms with E-state index in [2.05, 4.69) is 27.7 Å². The molecule has 0 nitrogen and oxygen atoms in total. The van der Waals surface area contributed by atoms with Crippen LogP contribution in [0, 0.1) is 23.7 Å². The first-order chi connectivity index (χ1) is 7.11. The third-order valence-corrected chi connectivity index (χ3v) is 4.09. The highest BCUT2D eigenvalue weighted by atomic mass is 14.3. The third-order valence-electron chi connectivity index (χ3n) is 4.09. The molecule has 0 spiro atoms. The summed E-state index contributed by atoms with van der Waals surface area (Å²) in [4.78, 5) is 0. The molecule has 1 fully saturated rings. The van der Waals surface area contributed by atoms with Gasteiger partial charge in [-0.2, -0.15) is 0 Å². The van der Waals surface area contributed by atoms with Gasteiger partial charge in [-0.15, -0.1) is 0 Å². The minimum Gasteiger partial charge on any atom is -0.0651 e. The van der Waals surface area contributed by atoms with Crippen LogP contribution in [0.4, 0.5) is 0 Å². The monoisotopic (exact) mass is 210 g/mol. The Morgan fingerprint density at radius 3 is 2.07 bits per heavy atom. The van der Waals surface area contributed by atoms with E-state index in [1.807, 2.05) is 0 Å². The largest absolute Gasteiger partial charge is 0.0651 e. The second kappa shape index (κ2) is 6.55. The molecule has 90 valence electrons. The van der Waals surface area contributed by atoms with Crippen LogP contribution in [0.25, 0.3) is 0 Å².